The highest BCUT2D eigenvalue weighted by molar-refractivity contribution is 5.71. The maximum absolute atomic E-state index is 10.3. The molecule has 0 radical (unpaired) electrons. The first-order valence-corrected chi connectivity index (χ1v) is 4.44. The van der Waals surface area contributed by atoms with Crippen molar-refractivity contribution >= 4 is 11.7 Å². The molecule has 0 spiro atoms. The molecule has 0 aliphatic heterocycles. The van der Waals surface area contributed by atoms with E-state index in [1.54, 1.807) is 12.1 Å². The van der Waals surface area contributed by atoms with Crippen LogP contribution in [0.2, 0.25) is 0 Å². The summed E-state index contributed by atoms with van der Waals surface area (Å²) in [6.07, 6.45) is 0.950. The molecule has 0 saturated heterocycles. The van der Waals surface area contributed by atoms with E-state index in [0.29, 0.717) is 5.69 Å². The highest BCUT2D eigenvalue weighted by Gasteiger charge is 2.00. The van der Waals surface area contributed by atoms with Crippen LogP contribution in [0.15, 0.2) is 24.3 Å². The normalized spacial score (nSPS) is 9.86. The molecule has 1 rings (SSSR count). The molecule has 0 atom stereocenters. The van der Waals surface area contributed by atoms with Crippen LogP contribution in [0.25, 0.3) is 0 Å². The molecule has 0 amide bonds. The summed E-state index contributed by atoms with van der Waals surface area (Å²) in [4.78, 5) is 10.3. The molecule has 0 aliphatic rings. The van der Waals surface area contributed by atoms with Crippen molar-refractivity contribution in [3.8, 4) is 0 Å². The maximum atomic E-state index is 10.3. The van der Waals surface area contributed by atoms with Gasteiger partial charge >= 0.3 is 0 Å². The molecule has 1 aromatic carbocycles. The van der Waals surface area contributed by atoms with Crippen molar-refractivity contribution in [3.63, 3.8) is 0 Å². The number of aliphatic carboxylic acids is 1. The van der Waals surface area contributed by atoms with Gasteiger partial charge in [-0.2, -0.15) is 0 Å². The molecule has 0 aromatic heterocycles. The minimum absolute atomic E-state index is 0.300. The van der Waals surface area contributed by atoms with Crippen LogP contribution in [0.4, 0.5) is 5.69 Å². The Bertz CT molecular complexity index is 308. The van der Waals surface area contributed by atoms with Crippen LogP contribution in [-0.2, 0) is 11.2 Å². The summed E-state index contributed by atoms with van der Waals surface area (Å²) >= 11 is 0. The van der Waals surface area contributed by atoms with Crippen LogP contribution in [-0.4, -0.2) is 12.5 Å². The van der Waals surface area contributed by atoms with Crippen LogP contribution < -0.4 is 16.0 Å². The first kappa shape index (κ1) is 10.5. The number of nitrogens with zero attached hydrogens (tertiary/aromatic N) is 1. The van der Waals surface area contributed by atoms with Gasteiger partial charge in [-0.3, -0.25) is 0 Å². The Morgan fingerprint density at radius 1 is 1.43 bits per heavy atom. The van der Waals surface area contributed by atoms with Crippen molar-refractivity contribution in [2.75, 3.05) is 11.6 Å². The molecule has 2 N–H and O–H groups in total. The molecule has 0 unspecified atom stereocenters. The van der Waals surface area contributed by atoms with Gasteiger partial charge in [0, 0.05) is 0 Å². The Morgan fingerprint density at radius 2 is 2.00 bits per heavy atom. The monoisotopic (exact) mass is 193 g/mol. The number of hydrogen-bond donors (Lipinski definition) is 1. The highest BCUT2D eigenvalue weighted by atomic mass is 16.4. The quantitative estimate of drug-likeness (QED) is 0.525. The number of carboxylic acid groups (broad SMARTS) is 1. The Kier molecular flexibility index (Phi) is 3.48. The van der Waals surface area contributed by atoms with Gasteiger partial charge in [0.05, 0.1) is 18.2 Å². The van der Waals surface area contributed by atoms with Gasteiger partial charge in [-0.15, -0.1) is 0 Å². The summed E-state index contributed by atoms with van der Waals surface area (Å²) in [7, 11) is 0. The van der Waals surface area contributed by atoms with Crippen molar-refractivity contribution in [2.45, 2.75) is 13.3 Å². The maximum Gasteiger partial charge on any atom is 0.0737 e. The van der Waals surface area contributed by atoms with Gasteiger partial charge in [-0.1, -0.05) is 19.1 Å². The first-order valence-electron chi connectivity index (χ1n) is 4.44. The number of anilines is 1. The van der Waals surface area contributed by atoms with E-state index in [-0.39, 0.29) is 6.54 Å². The average Bonchev–Trinajstić information content (AvgIpc) is 2.17. The van der Waals surface area contributed by atoms with Gasteiger partial charge in [0.15, 0.2) is 0 Å². The zero-order chi connectivity index (χ0) is 10.6. The van der Waals surface area contributed by atoms with E-state index in [4.69, 9.17) is 5.84 Å². The number of nitrogens with two attached hydrogens (primary N) is 1. The van der Waals surface area contributed by atoms with E-state index < -0.39 is 5.97 Å². The molecule has 0 fully saturated rings. The predicted octanol–water partition coefficient (Wildman–Crippen LogP) is -0.321. The largest absolute Gasteiger partial charge is 0.548 e. The van der Waals surface area contributed by atoms with Crippen LogP contribution in [0.5, 0.6) is 0 Å². The third kappa shape index (κ3) is 2.74. The molecule has 76 valence electrons. The van der Waals surface area contributed by atoms with Gasteiger partial charge in [0.2, 0.25) is 0 Å². The second-order valence-corrected chi connectivity index (χ2v) is 3.02. The number of carbonyl (C=O) groups is 1. The number of carbonyl (C=O) groups excluding carboxylic acids is 1. The van der Waals surface area contributed by atoms with Crippen molar-refractivity contribution < 1.29 is 9.90 Å². The van der Waals surface area contributed by atoms with E-state index in [1.807, 2.05) is 12.1 Å². The molecular weight excluding hydrogens is 180 g/mol. The van der Waals surface area contributed by atoms with Crippen molar-refractivity contribution in [2.24, 2.45) is 5.84 Å². The lowest BCUT2D eigenvalue weighted by atomic mass is 10.1. The summed E-state index contributed by atoms with van der Waals surface area (Å²) in [6.45, 7) is 1.75. The van der Waals surface area contributed by atoms with Crippen molar-refractivity contribution in [1.82, 2.24) is 0 Å². The van der Waals surface area contributed by atoms with Crippen LogP contribution in [0.1, 0.15) is 12.5 Å². The third-order valence-corrected chi connectivity index (χ3v) is 1.98. The van der Waals surface area contributed by atoms with Crippen LogP contribution in [0, 0.1) is 0 Å². The number of aryl methyl sites for hydroxylation is 1. The molecular formula is C10H13N2O2-. The minimum atomic E-state index is -1.19. The van der Waals surface area contributed by atoms with Gasteiger partial charge in [-0.05, 0) is 24.1 Å². The molecule has 4 nitrogen and oxygen atoms in total. The zero-order valence-electron chi connectivity index (χ0n) is 8.06. The molecule has 0 heterocycles. The number of rotatable bonds is 4. The molecule has 1 aromatic rings. The van der Waals surface area contributed by atoms with E-state index in [0.717, 1.165) is 11.4 Å². The summed E-state index contributed by atoms with van der Waals surface area (Å²) in [5, 5.41) is 11.4. The summed E-state index contributed by atoms with van der Waals surface area (Å²) in [5.41, 5.74) is 1.86. The predicted molar refractivity (Wildman–Crippen MR) is 52.4 cm³/mol. The molecule has 0 aliphatic carbocycles. The summed E-state index contributed by atoms with van der Waals surface area (Å²) in [5.74, 6) is 4.31. The zero-order valence-corrected chi connectivity index (χ0v) is 8.06. The van der Waals surface area contributed by atoms with E-state index >= 15 is 0 Å². The van der Waals surface area contributed by atoms with Gasteiger partial charge in [-0.25, -0.2) is 5.84 Å². The van der Waals surface area contributed by atoms with Crippen LogP contribution >= 0.6 is 0 Å². The lowest BCUT2D eigenvalue weighted by molar-refractivity contribution is -0.303. The second kappa shape index (κ2) is 4.62. The SMILES string of the molecule is CCc1ccc(N(N)CC(=O)[O-])cc1. The molecule has 0 saturated carbocycles. The highest BCUT2D eigenvalue weighted by Crippen LogP contribution is 2.12. The Morgan fingerprint density at radius 3 is 2.43 bits per heavy atom. The number of carboxylic acids is 1. The topological polar surface area (TPSA) is 69.4 Å². The Balaban J connectivity index is 2.71. The second-order valence-electron chi connectivity index (χ2n) is 3.02. The summed E-state index contributed by atoms with van der Waals surface area (Å²) < 4.78 is 0. The van der Waals surface area contributed by atoms with E-state index in [2.05, 4.69) is 6.92 Å². The van der Waals surface area contributed by atoms with Gasteiger partial charge in [0.1, 0.15) is 0 Å². The Labute approximate surface area is 82.9 Å². The van der Waals surface area contributed by atoms with E-state index in [9.17, 15) is 9.90 Å². The minimum Gasteiger partial charge on any atom is -0.548 e. The van der Waals surface area contributed by atoms with Gasteiger partial charge < -0.3 is 14.9 Å². The van der Waals surface area contributed by atoms with Crippen molar-refractivity contribution in [3.05, 3.63) is 29.8 Å². The first-order chi connectivity index (χ1) is 6.63. The number of hydrazine groups is 1. The lowest BCUT2D eigenvalue weighted by Crippen LogP contribution is -2.42. The summed E-state index contributed by atoms with van der Waals surface area (Å²) in [6, 6.07) is 7.43. The number of hydrogen-bond acceptors (Lipinski definition) is 4. The molecule has 14 heavy (non-hydrogen) atoms. The standard InChI is InChI=1S/C10H14N2O2/c1-2-8-3-5-9(6-4-8)12(11)7-10(13)14/h3-6H,2,7,11H2,1H3,(H,13,14)/p-1. The molecule has 4 heteroatoms. The average molecular weight is 193 g/mol. The lowest BCUT2D eigenvalue weighted by Gasteiger charge is -2.19. The smallest absolute Gasteiger partial charge is 0.0737 e. The third-order valence-electron chi connectivity index (χ3n) is 1.98. The van der Waals surface area contributed by atoms with Crippen molar-refractivity contribution in [1.29, 1.82) is 0 Å². The van der Waals surface area contributed by atoms with E-state index in [1.165, 1.54) is 5.56 Å². The van der Waals surface area contributed by atoms with Gasteiger partial charge in [0.25, 0.3) is 0 Å². The molecule has 0 bridgehead atoms. The fraction of sp³-hybridized carbons (Fsp3) is 0.300. The fourth-order valence-corrected chi connectivity index (χ4v) is 1.15. The fourth-order valence-electron chi connectivity index (χ4n) is 1.15. The number of benzene rings is 1. The Hall–Kier alpha value is -1.55. The van der Waals surface area contributed by atoms with Crippen LogP contribution in [0.3, 0.4) is 0 Å².